The Morgan fingerprint density at radius 2 is 2.38 bits per heavy atom. The molecule has 82 valence electrons. The fraction of sp³-hybridized carbons (Fsp3) is 0.300. The largest absolute Gasteiger partial charge is 0.291 e. The van der Waals surface area contributed by atoms with Gasteiger partial charge in [0.25, 0.3) is 5.56 Å². The normalized spacial score (nSPS) is 19.9. The quantitative estimate of drug-likeness (QED) is 0.598. The predicted octanol–water partition coefficient (Wildman–Crippen LogP) is 0.361. The summed E-state index contributed by atoms with van der Waals surface area (Å²) in [7, 11) is 0. The maximum Gasteiger partial charge on any atom is 0.265 e. The van der Waals surface area contributed by atoms with E-state index in [4.69, 9.17) is 6.42 Å². The van der Waals surface area contributed by atoms with Gasteiger partial charge in [-0.05, 0) is 22.6 Å². The van der Waals surface area contributed by atoms with Crippen molar-refractivity contribution in [3.8, 4) is 12.3 Å². The number of rotatable bonds is 1. The molecule has 0 spiro atoms. The summed E-state index contributed by atoms with van der Waals surface area (Å²) in [5, 5.41) is 0. The van der Waals surface area contributed by atoms with Gasteiger partial charge in [0.1, 0.15) is 0 Å². The van der Waals surface area contributed by atoms with Gasteiger partial charge in [-0.2, -0.15) is 0 Å². The van der Waals surface area contributed by atoms with Crippen molar-refractivity contribution in [1.82, 2.24) is 9.97 Å². The monoisotopic (exact) mass is 329 g/mol. The van der Waals surface area contributed by atoms with E-state index < -0.39 is 0 Å². The molecule has 2 rings (SSSR count). The smallest absolute Gasteiger partial charge is 0.265 e. The number of aromatic nitrogens is 2. The molecule has 1 saturated heterocycles. The molecule has 0 saturated carbocycles. The lowest BCUT2D eigenvalue weighted by Gasteiger charge is -2.13. The van der Waals surface area contributed by atoms with Crippen molar-refractivity contribution >= 4 is 34.4 Å². The second-order valence-corrected chi connectivity index (χ2v) is 4.62. The number of nitrogens with zero attached hydrogens (tertiary/aromatic N) is 2. The Morgan fingerprint density at radius 1 is 1.62 bits per heavy atom. The first-order chi connectivity index (χ1) is 7.61. The molecule has 16 heavy (non-hydrogen) atoms. The zero-order valence-corrected chi connectivity index (χ0v) is 10.4. The van der Waals surface area contributed by atoms with Crippen LogP contribution in [0.3, 0.4) is 0 Å². The molecule has 1 N–H and O–H groups in total. The highest BCUT2D eigenvalue weighted by molar-refractivity contribution is 14.1. The Kier molecular flexibility index (Phi) is 2.96. The van der Waals surface area contributed by atoms with Gasteiger partial charge < -0.3 is 0 Å². The summed E-state index contributed by atoms with van der Waals surface area (Å²) in [4.78, 5) is 31.0. The van der Waals surface area contributed by atoms with Gasteiger partial charge in [-0.15, -0.1) is 12.3 Å². The van der Waals surface area contributed by atoms with Crippen molar-refractivity contribution in [2.45, 2.75) is 6.42 Å². The van der Waals surface area contributed by atoms with Crippen molar-refractivity contribution in [1.29, 1.82) is 0 Å². The Hall–Kier alpha value is -1.36. The summed E-state index contributed by atoms with van der Waals surface area (Å²) < 4.78 is 0.487. The molecule has 0 aliphatic carbocycles. The van der Waals surface area contributed by atoms with Crippen LogP contribution in [0.5, 0.6) is 0 Å². The van der Waals surface area contributed by atoms with Crippen LogP contribution in [0.25, 0.3) is 0 Å². The van der Waals surface area contributed by atoms with Crippen LogP contribution in [0.4, 0.5) is 5.95 Å². The number of nitrogens with one attached hydrogen (secondary N) is 1. The standard InChI is InChI=1S/C10H8IN3O2/c1-2-6-3-8(15)14(5-6)10-12-4-7(11)9(16)13-10/h1,4,6H,3,5H2,(H,12,13,16). The van der Waals surface area contributed by atoms with Gasteiger partial charge in [-0.3, -0.25) is 19.5 Å². The first kappa shape index (κ1) is 11.1. The van der Waals surface area contributed by atoms with Crippen molar-refractivity contribution in [3.05, 3.63) is 20.1 Å². The van der Waals surface area contributed by atoms with E-state index in [9.17, 15) is 9.59 Å². The van der Waals surface area contributed by atoms with Crippen LogP contribution in [0.15, 0.2) is 11.0 Å². The molecule has 5 nitrogen and oxygen atoms in total. The van der Waals surface area contributed by atoms with E-state index in [1.807, 2.05) is 22.6 Å². The summed E-state index contributed by atoms with van der Waals surface area (Å²) in [6, 6.07) is 0. The summed E-state index contributed by atoms with van der Waals surface area (Å²) in [5.74, 6) is 2.60. The summed E-state index contributed by atoms with van der Waals surface area (Å²) >= 11 is 1.88. The van der Waals surface area contributed by atoms with Crippen LogP contribution in [-0.2, 0) is 4.79 Å². The molecular formula is C10H8IN3O2. The van der Waals surface area contributed by atoms with Crippen LogP contribution < -0.4 is 10.5 Å². The third-order valence-electron chi connectivity index (χ3n) is 2.36. The number of H-pyrrole nitrogens is 1. The lowest BCUT2D eigenvalue weighted by Crippen LogP contribution is -2.29. The van der Waals surface area contributed by atoms with Gasteiger partial charge >= 0.3 is 0 Å². The Morgan fingerprint density at radius 3 is 2.94 bits per heavy atom. The summed E-state index contributed by atoms with van der Waals surface area (Å²) in [6.07, 6.45) is 7.02. The molecular weight excluding hydrogens is 321 g/mol. The van der Waals surface area contributed by atoms with Crippen LogP contribution in [0.2, 0.25) is 0 Å². The second kappa shape index (κ2) is 4.25. The molecule has 1 fully saturated rings. The zero-order valence-electron chi connectivity index (χ0n) is 8.24. The van der Waals surface area contributed by atoms with Crippen molar-refractivity contribution in [3.63, 3.8) is 0 Å². The van der Waals surface area contributed by atoms with Gasteiger partial charge in [-0.1, -0.05) is 0 Å². The number of hydrogen-bond donors (Lipinski definition) is 1. The topological polar surface area (TPSA) is 66.1 Å². The molecule has 1 aliphatic heterocycles. The number of terminal acetylenes is 1. The maximum atomic E-state index is 11.6. The van der Waals surface area contributed by atoms with E-state index in [1.54, 1.807) is 0 Å². The average Bonchev–Trinajstić information content (AvgIpc) is 2.64. The predicted molar refractivity (Wildman–Crippen MR) is 66.9 cm³/mol. The first-order valence-corrected chi connectivity index (χ1v) is 5.71. The molecule has 6 heteroatoms. The van der Waals surface area contributed by atoms with E-state index in [1.165, 1.54) is 11.1 Å². The summed E-state index contributed by atoms with van der Waals surface area (Å²) in [6.45, 7) is 0.416. The van der Waals surface area contributed by atoms with Gasteiger partial charge in [0.2, 0.25) is 11.9 Å². The second-order valence-electron chi connectivity index (χ2n) is 3.46. The van der Waals surface area contributed by atoms with E-state index in [0.717, 1.165) is 0 Å². The van der Waals surface area contributed by atoms with Crippen molar-refractivity contribution in [2.75, 3.05) is 11.4 Å². The third-order valence-corrected chi connectivity index (χ3v) is 3.13. The molecule has 2 heterocycles. The van der Waals surface area contributed by atoms with Crippen LogP contribution in [-0.4, -0.2) is 22.4 Å². The van der Waals surface area contributed by atoms with E-state index >= 15 is 0 Å². The van der Waals surface area contributed by atoms with E-state index in [0.29, 0.717) is 16.5 Å². The van der Waals surface area contributed by atoms with Gasteiger partial charge in [0.05, 0.1) is 3.57 Å². The molecule has 1 aliphatic rings. The Labute approximate surface area is 105 Å². The van der Waals surface area contributed by atoms with Crippen molar-refractivity contribution in [2.24, 2.45) is 5.92 Å². The average molecular weight is 329 g/mol. The number of halogens is 1. The zero-order chi connectivity index (χ0) is 11.7. The number of amides is 1. The van der Waals surface area contributed by atoms with Gasteiger partial charge in [0.15, 0.2) is 0 Å². The van der Waals surface area contributed by atoms with Gasteiger partial charge in [0, 0.05) is 25.1 Å². The SMILES string of the molecule is C#CC1CC(=O)N(c2ncc(I)c(=O)[nH]2)C1. The van der Waals surface area contributed by atoms with Crippen LogP contribution >= 0.6 is 22.6 Å². The van der Waals surface area contributed by atoms with E-state index in [2.05, 4.69) is 15.9 Å². The van der Waals surface area contributed by atoms with Crippen LogP contribution in [0.1, 0.15) is 6.42 Å². The summed E-state index contributed by atoms with van der Waals surface area (Å²) in [5.41, 5.74) is -0.248. The minimum atomic E-state index is -0.248. The lowest BCUT2D eigenvalue weighted by molar-refractivity contribution is -0.117. The highest BCUT2D eigenvalue weighted by Crippen LogP contribution is 2.20. The maximum absolute atomic E-state index is 11.6. The van der Waals surface area contributed by atoms with Crippen molar-refractivity contribution < 1.29 is 4.79 Å². The molecule has 0 aromatic carbocycles. The molecule has 1 unspecified atom stereocenters. The highest BCUT2D eigenvalue weighted by atomic mass is 127. The van der Waals surface area contributed by atoms with Crippen LogP contribution in [0, 0.1) is 21.8 Å². The number of hydrogen-bond acceptors (Lipinski definition) is 3. The molecule has 0 bridgehead atoms. The Bertz CT molecular complexity index is 532. The molecule has 0 radical (unpaired) electrons. The lowest BCUT2D eigenvalue weighted by atomic mass is 10.1. The molecule has 1 aromatic rings. The number of carbonyl (C=O) groups excluding carboxylic acids is 1. The fourth-order valence-electron chi connectivity index (χ4n) is 1.53. The van der Waals surface area contributed by atoms with E-state index in [-0.39, 0.29) is 23.3 Å². The molecule has 1 amide bonds. The molecule has 1 atom stereocenters. The third kappa shape index (κ3) is 1.95. The minimum Gasteiger partial charge on any atom is -0.291 e. The molecule has 1 aromatic heterocycles. The number of anilines is 1. The number of carbonyl (C=O) groups is 1. The fourth-order valence-corrected chi connectivity index (χ4v) is 1.81. The van der Waals surface area contributed by atoms with Gasteiger partial charge in [-0.25, -0.2) is 4.98 Å². The number of aromatic amines is 1. The Balaban J connectivity index is 2.32. The highest BCUT2D eigenvalue weighted by Gasteiger charge is 2.30. The first-order valence-electron chi connectivity index (χ1n) is 4.63. The minimum absolute atomic E-state index is 0.0999.